The van der Waals surface area contributed by atoms with E-state index in [9.17, 15) is 9.18 Å². The second-order valence-corrected chi connectivity index (χ2v) is 4.50. The van der Waals surface area contributed by atoms with Crippen LogP contribution in [0.3, 0.4) is 0 Å². The molecule has 0 saturated heterocycles. The van der Waals surface area contributed by atoms with Crippen molar-refractivity contribution in [2.75, 3.05) is 5.32 Å². The molecule has 0 unspecified atom stereocenters. The van der Waals surface area contributed by atoms with Gasteiger partial charge >= 0.3 is 0 Å². The molecule has 0 saturated carbocycles. The molecule has 0 aliphatic heterocycles. The summed E-state index contributed by atoms with van der Waals surface area (Å²) >= 11 is 3.27. The highest BCUT2D eigenvalue weighted by molar-refractivity contribution is 9.10. The highest BCUT2D eigenvalue weighted by atomic mass is 79.9. The van der Waals surface area contributed by atoms with Gasteiger partial charge in [-0.3, -0.25) is 4.79 Å². The van der Waals surface area contributed by atoms with Crippen LogP contribution in [0.2, 0.25) is 0 Å². The first kappa shape index (κ1) is 12.7. The molecular weight excluding hydrogens is 299 g/mol. The molecule has 0 aliphatic carbocycles. The number of carbonyl (C=O) groups excluding carboxylic acids is 1. The molecule has 3 nitrogen and oxygen atoms in total. The third-order valence-corrected chi connectivity index (χ3v) is 2.97. The average Bonchev–Trinajstić information content (AvgIpc) is 2.35. The summed E-state index contributed by atoms with van der Waals surface area (Å²) in [7, 11) is 0. The van der Waals surface area contributed by atoms with Gasteiger partial charge in [-0.15, -0.1) is 0 Å². The average molecular weight is 309 g/mol. The van der Waals surface area contributed by atoms with Gasteiger partial charge in [-0.25, -0.2) is 9.37 Å². The van der Waals surface area contributed by atoms with Crippen LogP contribution in [0.1, 0.15) is 5.56 Å². The van der Waals surface area contributed by atoms with Gasteiger partial charge in [-0.05, 0) is 39.7 Å². The van der Waals surface area contributed by atoms with E-state index in [1.807, 2.05) is 0 Å². The Kier molecular flexibility index (Phi) is 4.04. The normalized spacial score (nSPS) is 10.1. The monoisotopic (exact) mass is 308 g/mol. The molecule has 1 N–H and O–H groups in total. The lowest BCUT2D eigenvalue weighted by atomic mass is 10.1. The Morgan fingerprint density at radius 3 is 2.78 bits per heavy atom. The first-order valence-corrected chi connectivity index (χ1v) is 6.10. The van der Waals surface area contributed by atoms with E-state index in [-0.39, 0.29) is 18.1 Å². The zero-order valence-corrected chi connectivity index (χ0v) is 10.9. The predicted octanol–water partition coefficient (Wildman–Crippen LogP) is 3.16. The summed E-state index contributed by atoms with van der Waals surface area (Å²) in [4.78, 5) is 15.8. The van der Waals surface area contributed by atoms with Crippen LogP contribution < -0.4 is 5.32 Å². The number of hydrogen-bond acceptors (Lipinski definition) is 2. The van der Waals surface area contributed by atoms with E-state index in [1.54, 1.807) is 36.5 Å². The predicted molar refractivity (Wildman–Crippen MR) is 70.7 cm³/mol. The number of rotatable bonds is 3. The van der Waals surface area contributed by atoms with Gasteiger partial charge in [0.05, 0.1) is 10.9 Å². The Morgan fingerprint density at radius 2 is 2.06 bits per heavy atom. The first-order chi connectivity index (χ1) is 8.66. The number of benzene rings is 1. The second kappa shape index (κ2) is 5.73. The molecule has 0 bridgehead atoms. The van der Waals surface area contributed by atoms with E-state index in [1.165, 1.54) is 6.07 Å². The van der Waals surface area contributed by atoms with Crippen molar-refractivity contribution in [3.05, 3.63) is 58.4 Å². The Morgan fingerprint density at radius 1 is 1.28 bits per heavy atom. The quantitative estimate of drug-likeness (QED) is 0.946. The summed E-state index contributed by atoms with van der Waals surface area (Å²) in [5.74, 6) is -0.258. The van der Waals surface area contributed by atoms with Crippen LogP contribution in [-0.4, -0.2) is 10.9 Å². The number of nitrogens with zero attached hydrogens (tertiary/aromatic N) is 1. The zero-order chi connectivity index (χ0) is 13.0. The van der Waals surface area contributed by atoms with Gasteiger partial charge in [0.1, 0.15) is 11.6 Å². The fraction of sp³-hybridized carbons (Fsp3) is 0.0769. The Labute approximate surface area is 112 Å². The summed E-state index contributed by atoms with van der Waals surface area (Å²) in [5.41, 5.74) is 0.363. The SMILES string of the molecule is O=C(Cc1ccccc1F)Nc1ncccc1Br. The van der Waals surface area contributed by atoms with Crippen molar-refractivity contribution in [2.45, 2.75) is 6.42 Å². The van der Waals surface area contributed by atoms with Gasteiger partial charge in [0.2, 0.25) is 5.91 Å². The minimum Gasteiger partial charge on any atom is -0.309 e. The maximum atomic E-state index is 13.4. The minimum atomic E-state index is -0.382. The van der Waals surface area contributed by atoms with Crippen LogP contribution >= 0.6 is 15.9 Å². The van der Waals surface area contributed by atoms with Crippen LogP contribution in [0, 0.1) is 5.82 Å². The van der Waals surface area contributed by atoms with Crippen molar-refractivity contribution in [1.29, 1.82) is 0 Å². The Bertz CT molecular complexity index is 525. The maximum absolute atomic E-state index is 13.4. The number of aromatic nitrogens is 1. The molecule has 2 rings (SSSR count). The van der Waals surface area contributed by atoms with Crippen LogP contribution in [-0.2, 0) is 11.2 Å². The third-order valence-electron chi connectivity index (χ3n) is 2.33. The number of halogens is 2. The lowest BCUT2D eigenvalue weighted by molar-refractivity contribution is -0.115. The highest BCUT2D eigenvalue weighted by Crippen LogP contribution is 2.18. The summed E-state index contributed by atoms with van der Waals surface area (Å²) in [6.07, 6.45) is 1.55. The standard InChI is InChI=1S/C13H10BrFN2O/c14-10-5-3-7-16-13(10)17-12(18)8-9-4-1-2-6-11(9)15/h1-7H,8H2,(H,16,17,18). The molecule has 0 radical (unpaired) electrons. The molecular formula is C13H10BrFN2O. The summed E-state index contributed by atoms with van der Waals surface area (Å²) in [6, 6.07) is 9.72. The second-order valence-electron chi connectivity index (χ2n) is 3.65. The van der Waals surface area contributed by atoms with E-state index >= 15 is 0 Å². The van der Waals surface area contributed by atoms with Crippen LogP contribution in [0.15, 0.2) is 47.1 Å². The molecule has 1 aromatic heterocycles. The van der Waals surface area contributed by atoms with Gasteiger partial charge in [0.15, 0.2) is 0 Å². The Hall–Kier alpha value is -1.75. The van der Waals surface area contributed by atoms with E-state index in [2.05, 4.69) is 26.2 Å². The van der Waals surface area contributed by atoms with Crippen molar-refractivity contribution in [3.8, 4) is 0 Å². The van der Waals surface area contributed by atoms with Crippen LogP contribution in [0.4, 0.5) is 10.2 Å². The van der Waals surface area contributed by atoms with Crippen molar-refractivity contribution in [1.82, 2.24) is 4.98 Å². The molecule has 1 heterocycles. The fourth-order valence-corrected chi connectivity index (χ4v) is 1.82. The molecule has 0 atom stereocenters. The number of hydrogen-bond donors (Lipinski definition) is 1. The molecule has 1 amide bonds. The van der Waals surface area contributed by atoms with Gasteiger partial charge in [-0.1, -0.05) is 18.2 Å². The van der Waals surface area contributed by atoms with E-state index in [4.69, 9.17) is 0 Å². The minimum absolute atomic E-state index is 0.0182. The molecule has 1 aromatic carbocycles. The summed E-state index contributed by atoms with van der Waals surface area (Å²) < 4.78 is 14.1. The summed E-state index contributed by atoms with van der Waals surface area (Å²) in [5, 5.41) is 2.62. The molecule has 0 spiro atoms. The van der Waals surface area contributed by atoms with Crippen molar-refractivity contribution < 1.29 is 9.18 Å². The van der Waals surface area contributed by atoms with Gasteiger partial charge < -0.3 is 5.32 Å². The topological polar surface area (TPSA) is 42.0 Å². The van der Waals surface area contributed by atoms with Gasteiger partial charge in [-0.2, -0.15) is 0 Å². The number of carbonyl (C=O) groups is 1. The lowest BCUT2D eigenvalue weighted by Crippen LogP contribution is -2.16. The zero-order valence-electron chi connectivity index (χ0n) is 9.36. The molecule has 5 heteroatoms. The lowest BCUT2D eigenvalue weighted by Gasteiger charge is -2.06. The molecule has 92 valence electrons. The smallest absolute Gasteiger partial charge is 0.230 e. The molecule has 18 heavy (non-hydrogen) atoms. The number of amides is 1. The fourth-order valence-electron chi connectivity index (χ4n) is 1.47. The van der Waals surface area contributed by atoms with E-state index in [0.717, 1.165) is 0 Å². The molecule has 0 fully saturated rings. The van der Waals surface area contributed by atoms with Crippen LogP contribution in [0.5, 0.6) is 0 Å². The van der Waals surface area contributed by atoms with Gasteiger partial charge in [0, 0.05) is 6.20 Å². The van der Waals surface area contributed by atoms with Crippen LogP contribution in [0.25, 0.3) is 0 Å². The van der Waals surface area contributed by atoms with Crippen molar-refractivity contribution in [2.24, 2.45) is 0 Å². The Balaban J connectivity index is 2.06. The first-order valence-electron chi connectivity index (χ1n) is 5.30. The largest absolute Gasteiger partial charge is 0.309 e. The van der Waals surface area contributed by atoms with Crippen molar-refractivity contribution >= 4 is 27.7 Å². The van der Waals surface area contributed by atoms with Gasteiger partial charge in [0.25, 0.3) is 0 Å². The molecule has 2 aromatic rings. The van der Waals surface area contributed by atoms with E-state index < -0.39 is 0 Å². The maximum Gasteiger partial charge on any atom is 0.230 e. The highest BCUT2D eigenvalue weighted by Gasteiger charge is 2.09. The number of pyridine rings is 1. The van der Waals surface area contributed by atoms with E-state index in [0.29, 0.717) is 15.9 Å². The third kappa shape index (κ3) is 3.13. The molecule has 0 aliphatic rings. The van der Waals surface area contributed by atoms with Crippen molar-refractivity contribution in [3.63, 3.8) is 0 Å². The number of anilines is 1. The summed E-state index contributed by atoms with van der Waals surface area (Å²) in [6.45, 7) is 0. The number of nitrogens with one attached hydrogen (secondary N) is 1.